The van der Waals surface area contributed by atoms with Crippen molar-refractivity contribution >= 4 is 35.1 Å². The van der Waals surface area contributed by atoms with E-state index in [9.17, 15) is 9.90 Å². The first-order chi connectivity index (χ1) is 13.4. The Bertz CT molecular complexity index is 918. The number of halogens is 2. The first kappa shape index (κ1) is 20.7. The standard InChI is InChI=1S/C22H23Cl2NO3/c1-3-9-25(10-4-2)13-17-19(26)8-7-16-21(27)20(28-22(16)17)11-14-5-6-15(23)12-18(14)24/h5-8,11-12,26H,3-4,9-10,13H2,1-2H3/b20-11-. The van der Waals surface area contributed by atoms with E-state index >= 15 is 0 Å². The van der Waals surface area contributed by atoms with Gasteiger partial charge >= 0.3 is 0 Å². The van der Waals surface area contributed by atoms with Crippen LogP contribution in [0.25, 0.3) is 6.08 Å². The zero-order valence-corrected chi connectivity index (χ0v) is 17.5. The van der Waals surface area contributed by atoms with Crippen LogP contribution in [0.5, 0.6) is 11.5 Å². The number of carbonyl (C=O) groups is 1. The fraction of sp³-hybridized carbons (Fsp3) is 0.318. The lowest BCUT2D eigenvalue weighted by Crippen LogP contribution is -3.10. The zero-order chi connectivity index (χ0) is 20.3. The van der Waals surface area contributed by atoms with Crippen LogP contribution < -0.4 is 14.7 Å². The summed E-state index contributed by atoms with van der Waals surface area (Å²) in [6.45, 7) is 6.73. The van der Waals surface area contributed by atoms with E-state index < -0.39 is 0 Å². The smallest absolute Gasteiger partial charge is 0.231 e. The summed E-state index contributed by atoms with van der Waals surface area (Å²) in [5.41, 5.74) is 1.63. The number of carbonyl (C=O) groups excluding carboxylic acids is 1. The minimum atomic E-state index is -0.241. The summed E-state index contributed by atoms with van der Waals surface area (Å²) in [7, 11) is 0. The van der Waals surface area contributed by atoms with Gasteiger partial charge in [-0.1, -0.05) is 54.9 Å². The summed E-state index contributed by atoms with van der Waals surface area (Å²) >= 11 is 12.1. The van der Waals surface area contributed by atoms with Crippen LogP contribution in [-0.2, 0) is 6.54 Å². The second kappa shape index (κ2) is 8.99. The number of benzene rings is 2. The third-order valence-electron chi connectivity index (χ3n) is 4.78. The molecule has 1 heterocycles. The van der Waals surface area contributed by atoms with Crippen molar-refractivity contribution in [2.45, 2.75) is 33.2 Å². The van der Waals surface area contributed by atoms with Crippen LogP contribution in [0, 0.1) is 0 Å². The normalized spacial score (nSPS) is 14.6. The molecule has 1 aliphatic rings. The highest BCUT2D eigenvalue weighted by molar-refractivity contribution is 6.35. The number of rotatable bonds is 7. The molecular formula is C22H23Cl2NO3. The van der Waals surface area contributed by atoms with E-state index in [4.69, 9.17) is 27.9 Å². The van der Waals surface area contributed by atoms with Gasteiger partial charge < -0.3 is 14.7 Å². The Balaban J connectivity index is 1.95. The Morgan fingerprint density at radius 2 is 1.82 bits per heavy atom. The van der Waals surface area contributed by atoms with Crippen LogP contribution in [0.3, 0.4) is 0 Å². The first-order valence-corrected chi connectivity index (χ1v) is 10.3. The molecule has 0 fully saturated rings. The third kappa shape index (κ3) is 4.35. The van der Waals surface area contributed by atoms with Crippen molar-refractivity contribution in [1.29, 1.82) is 0 Å². The van der Waals surface area contributed by atoms with Gasteiger partial charge in [0.1, 0.15) is 12.3 Å². The van der Waals surface area contributed by atoms with E-state index in [1.807, 2.05) is 0 Å². The second-order valence-electron chi connectivity index (χ2n) is 6.95. The first-order valence-electron chi connectivity index (χ1n) is 9.50. The highest BCUT2D eigenvalue weighted by Crippen LogP contribution is 2.38. The average Bonchev–Trinajstić information content (AvgIpc) is 2.96. The molecule has 0 bridgehead atoms. The van der Waals surface area contributed by atoms with Gasteiger partial charge in [0.05, 0.1) is 18.7 Å². The van der Waals surface area contributed by atoms with Gasteiger partial charge in [0.2, 0.25) is 5.78 Å². The summed E-state index contributed by atoms with van der Waals surface area (Å²) in [5, 5.41) is 13.5. The van der Waals surface area contributed by atoms with E-state index in [0.717, 1.165) is 25.9 Å². The SMILES string of the molecule is CCC[NH+](CCC)Cc1c([O-])ccc2c1O/C(=C\c1ccc(Cl)cc1Cl)C2=O. The van der Waals surface area contributed by atoms with Gasteiger partial charge in [0.25, 0.3) is 0 Å². The molecule has 6 heteroatoms. The maximum atomic E-state index is 12.8. The number of quaternary nitrogens is 1. The predicted molar refractivity (Wildman–Crippen MR) is 110 cm³/mol. The van der Waals surface area contributed by atoms with E-state index in [2.05, 4.69) is 13.8 Å². The molecule has 2 aromatic carbocycles. The molecule has 0 radical (unpaired) electrons. The van der Waals surface area contributed by atoms with Gasteiger partial charge in [-0.2, -0.15) is 0 Å². The number of Topliss-reactive ketones (excluding diaryl/α,β-unsaturated/α-hetero) is 1. The van der Waals surface area contributed by atoms with E-state index in [-0.39, 0.29) is 17.3 Å². The molecular weight excluding hydrogens is 397 g/mol. The lowest BCUT2D eigenvalue weighted by molar-refractivity contribution is -0.914. The zero-order valence-electron chi connectivity index (χ0n) is 16.0. The molecule has 2 aromatic rings. The molecule has 3 rings (SSSR count). The topological polar surface area (TPSA) is 53.8 Å². The predicted octanol–water partition coefficient (Wildman–Crippen LogP) is 3.89. The van der Waals surface area contributed by atoms with Crippen LogP contribution in [-0.4, -0.2) is 18.9 Å². The average molecular weight is 420 g/mol. The summed E-state index contributed by atoms with van der Waals surface area (Å²) < 4.78 is 5.88. The molecule has 0 unspecified atom stereocenters. The van der Waals surface area contributed by atoms with Crippen LogP contribution in [0.15, 0.2) is 36.1 Å². The minimum absolute atomic E-state index is 0.0953. The number of allylic oxidation sites excluding steroid dienone is 1. The Kier molecular flexibility index (Phi) is 6.65. The van der Waals surface area contributed by atoms with Gasteiger partial charge in [-0.05, 0) is 42.7 Å². The van der Waals surface area contributed by atoms with Gasteiger partial charge in [0.15, 0.2) is 5.76 Å². The number of ether oxygens (including phenoxy) is 1. The van der Waals surface area contributed by atoms with Crippen LogP contribution in [0.1, 0.15) is 48.2 Å². The molecule has 148 valence electrons. The van der Waals surface area contributed by atoms with Gasteiger partial charge in [-0.3, -0.25) is 4.79 Å². The molecule has 0 aromatic heterocycles. The fourth-order valence-corrected chi connectivity index (χ4v) is 3.94. The molecule has 1 aliphatic heterocycles. The molecule has 0 spiro atoms. The number of hydrogen-bond acceptors (Lipinski definition) is 3. The monoisotopic (exact) mass is 419 g/mol. The Labute approximate surface area is 175 Å². The molecule has 0 atom stereocenters. The van der Waals surface area contributed by atoms with Crippen molar-refractivity contribution in [2.24, 2.45) is 0 Å². The molecule has 1 N–H and O–H groups in total. The molecule has 0 aliphatic carbocycles. The quantitative estimate of drug-likeness (QED) is 0.692. The summed E-state index contributed by atoms with van der Waals surface area (Å²) in [5.74, 6) is 0.217. The van der Waals surface area contributed by atoms with Gasteiger partial charge in [0, 0.05) is 15.6 Å². The third-order valence-corrected chi connectivity index (χ3v) is 5.34. The summed E-state index contributed by atoms with van der Waals surface area (Å²) in [4.78, 5) is 14.1. The van der Waals surface area contributed by atoms with Crippen molar-refractivity contribution in [3.63, 3.8) is 0 Å². The Hall–Kier alpha value is -2.01. The Morgan fingerprint density at radius 1 is 1.11 bits per heavy atom. The van der Waals surface area contributed by atoms with Crippen molar-refractivity contribution in [3.8, 4) is 11.5 Å². The number of ketones is 1. The highest BCUT2D eigenvalue weighted by Gasteiger charge is 2.31. The Morgan fingerprint density at radius 3 is 2.46 bits per heavy atom. The molecule has 4 nitrogen and oxygen atoms in total. The van der Waals surface area contributed by atoms with Gasteiger partial charge in [-0.25, -0.2) is 0 Å². The number of fused-ring (bicyclic) bond motifs is 1. The lowest BCUT2D eigenvalue weighted by atomic mass is 10.0. The van der Waals surface area contributed by atoms with Crippen LogP contribution in [0.2, 0.25) is 10.0 Å². The van der Waals surface area contributed by atoms with Crippen molar-refractivity contribution < 1.29 is 19.5 Å². The van der Waals surface area contributed by atoms with Crippen molar-refractivity contribution in [1.82, 2.24) is 0 Å². The largest absolute Gasteiger partial charge is 0.872 e. The molecule has 28 heavy (non-hydrogen) atoms. The van der Waals surface area contributed by atoms with Crippen LogP contribution in [0.4, 0.5) is 0 Å². The fourth-order valence-electron chi connectivity index (χ4n) is 3.48. The van der Waals surface area contributed by atoms with Gasteiger partial charge in [-0.15, -0.1) is 0 Å². The minimum Gasteiger partial charge on any atom is -0.872 e. The molecule has 0 amide bonds. The second-order valence-corrected chi connectivity index (χ2v) is 7.79. The van der Waals surface area contributed by atoms with E-state index in [1.54, 1.807) is 30.3 Å². The van der Waals surface area contributed by atoms with Crippen molar-refractivity contribution in [3.05, 3.63) is 62.8 Å². The van der Waals surface area contributed by atoms with E-state index in [0.29, 0.717) is 39.0 Å². The van der Waals surface area contributed by atoms with Crippen molar-refractivity contribution in [2.75, 3.05) is 13.1 Å². The number of nitrogens with one attached hydrogen (secondary N) is 1. The van der Waals surface area contributed by atoms with Crippen LogP contribution >= 0.6 is 23.2 Å². The lowest BCUT2D eigenvalue weighted by Gasteiger charge is -2.23. The number of hydrogen-bond donors (Lipinski definition) is 1. The molecule has 0 saturated heterocycles. The summed E-state index contributed by atoms with van der Waals surface area (Å²) in [6, 6.07) is 8.05. The van der Waals surface area contributed by atoms with E-state index in [1.165, 1.54) is 11.0 Å². The highest BCUT2D eigenvalue weighted by atomic mass is 35.5. The molecule has 0 saturated carbocycles. The maximum absolute atomic E-state index is 12.8. The summed E-state index contributed by atoms with van der Waals surface area (Å²) in [6.07, 6.45) is 3.65. The maximum Gasteiger partial charge on any atom is 0.231 e.